The van der Waals surface area contributed by atoms with E-state index in [2.05, 4.69) is 30.1 Å². The first-order valence-corrected chi connectivity index (χ1v) is 19.0. The number of rotatable bonds is 14. The molecule has 1 saturated heterocycles. The minimum atomic E-state index is -1.05. The summed E-state index contributed by atoms with van der Waals surface area (Å²) in [4.78, 5) is 69.1. The quantitative estimate of drug-likeness (QED) is 0.0474. The van der Waals surface area contributed by atoms with Gasteiger partial charge < -0.3 is 46.5 Å². The van der Waals surface area contributed by atoms with Crippen LogP contribution in [0.5, 0.6) is 5.75 Å². The number of aliphatic hydroxyl groups is 1. The standard InChI is InChI=1S/C35H39N9O9S2.BrH/c1-6-52-40-24(27-38-33(55-41-27)39-34(49)53-35(2,3)4)29(46)37-25-30(47)44-26(32(48)51-17-20-9-11-22(50-5)12-10-20)21(18-54-31(25)44)16-43-19-42(14-15-45)23-8-7-13-36-28(23)43;/h7-13,19,25,31,45H,6,14-18H2,1-5H3,(H-,37,38,39,41,46,49);1H/b40-24-;. The highest BCUT2D eigenvalue weighted by Gasteiger charge is 2.55. The van der Waals surface area contributed by atoms with Crippen LogP contribution in [-0.2, 0) is 48.4 Å². The Morgan fingerprint density at radius 2 is 1.93 bits per heavy atom. The first-order valence-electron chi connectivity index (χ1n) is 17.2. The van der Waals surface area contributed by atoms with Crippen molar-refractivity contribution in [2.24, 2.45) is 5.16 Å². The topological polar surface area (TPSA) is 213 Å². The van der Waals surface area contributed by atoms with Gasteiger partial charge in [-0.15, -0.1) is 16.7 Å². The fourth-order valence-corrected chi connectivity index (χ4v) is 7.63. The van der Waals surface area contributed by atoms with Crippen LogP contribution in [0.1, 0.15) is 39.1 Å². The van der Waals surface area contributed by atoms with Gasteiger partial charge in [0.05, 0.1) is 26.8 Å². The fraction of sp³-hybridized carbons (Fsp3) is 0.400. The second-order valence-corrected chi connectivity index (χ2v) is 15.0. The van der Waals surface area contributed by atoms with E-state index in [1.165, 1.54) is 16.7 Å². The molecule has 3 N–H and O–H groups in total. The summed E-state index contributed by atoms with van der Waals surface area (Å²) in [5.41, 5.74) is 1.74. The summed E-state index contributed by atoms with van der Waals surface area (Å²) in [6.45, 7) is 7.31. The van der Waals surface area contributed by atoms with Crippen LogP contribution >= 0.6 is 23.3 Å². The lowest BCUT2D eigenvalue weighted by atomic mass is 10.0. The average Bonchev–Trinajstić information content (AvgIpc) is 3.76. The van der Waals surface area contributed by atoms with Crippen LogP contribution in [0.4, 0.5) is 9.93 Å². The van der Waals surface area contributed by atoms with Crippen molar-refractivity contribution in [1.29, 1.82) is 0 Å². The number of aliphatic hydroxyl groups excluding tert-OH is 1. The van der Waals surface area contributed by atoms with Crippen molar-refractivity contribution in [1.82, 2.24) is 29.1 Å². The summed E-state index contributed by atoms with van der Waals surface area (Å²) < 4.78 is 24.1. The second kappa shape index (κ2) is 18.2. The second-order valence-electron chi connectivity index (χ2n) is 13.2. The van der Waals surface area contributed by atoms with Crippen molar-refractivity contribution < 1.29 is 64.9 Å². The number of nitrogens with one attached hydrogen (secondary N) is 2. The zero-order chi connectivity index (χ0) is 39.3. The van der Waals surface area contributed by atoms with E-state index in [0.717, 1.165) is 17.0 Å². The van der Waals surface area contributed by atoms with Crippen molar-refractivity contribution in [3.05, 3.63) is 71.6 Å². The minimum Gasteiger partial charge on any atom is -1.00 e. The number of anilines is 1. The van der Waals surface area contributed by atoms with Gasteiger partial charge in [-0.1, -0.05) is 17.3 Å². The number of ether oxygens (including phenoxy) is 3. The predicted octanol–water partition coefficient (Wildman–Crippen LogP) is -0.635. The molecule has 0 aliphatic carbocycles. The van der Waals surface area contributed by atoms with Gasteiger partial charge in [0.25, 0.3) is 11.8 Å². The summed E-state index contributed by atoms with van der Waals surface area (Å²) in [7, 11) is 1.56. The third-order valence-electron chi connectivity index (χ3n) is 8.13. The molecule has 1 fully saturated rings. The van der Waals surface area contributed by atoms with E-state index in [0.29, 0.717) is 34.8 Å². The molecule has 3 aromatic heterocycles. The number of pyridine rings is 1. The summed E-state index contributed by atoms with van der Waals surface area (Å²) >= 11 is 2.17. The number of fused-ring (bicyclic) bond motifs is 2. The summed E-state index contributed by atoms with van der Waals surface area (Å²) in [5.74, 6) is -1.23. The van der Waals surface area contributed by atoms with E-state index in [9.17, 15) is 24.3 Å². The molecule has 6 rings (SSSR count). The SMILES string of the molecule is CCO/N=C(\C(=O)NC1C(=O)N2C(C(=O)OCc3ccc(OC)cc3)=C(C[n+]3cn(CCO)c4cccnc43)CSC12)c1nsc(NC(=O)OC(C)(C)C)n1.[Br-]. The molecule has 21 heteroatoms. The van der Waals surface area contributed by atoms with E-state index < -0.39 is 40.9 Å². The molecule has 0 radical (unpaired) electrons. The third kappa shape index (κ3) is 9.45. The van der Waals surface area contributed by atoms with Gasteiger partial charge in [0.1, 0.15) is 47.9 Å². The number of halogens is 1. The largest absolute Gasteiger partial charge is 1.00 e. The normalized spacial score (nSPS) is 16.7. The number of benzene rings is 1. The maximum atomic E-state index is 13.9. The van der Waals surface area contributed by atoms with Crippen LogP contribution in [0.25, 0.3) is 11.2 Å². The van der Waals surface area contributed by atoms with E-state index in [1.807, 2.05) is 15.2 Å². The first-order chi connectivity index (χ1) is 26.4. The number of imidazole rings is 1. The maximum absolute atomic E-state index is 13.9. The number of aromatic nitrogens is 5. The van der Waals surface area contributed by atoms with E-state index in [4.69, 9.17) is 19.0 Å². The number of thioether (sulfide) groups is 1. The summed E-state index contributed by atoms with van der Waals surface area (Å²) in [6.07, 6.45) is 2.70. The lowest BCUT2D eigenvalue weighted by Crippen LogP contribution is -3.00. The molecular weight excluding hydrogens is 834 g/mol. The van der Waals surface area contributed by atoms with Gasteiger partial charge >= 0.3 is 17.7 Å². The third-order valence-corrected chi connectivity index (χ3v) is 10.1. The number of hydrogen-bond donors (Lipinski definition) is 3. The average molecular weight is 875 g/mol. The highest BCUT2D eigenvalue weighted by Crippen LogP contribution is 2.41. The molecule has 0 saturated carbocycles. The number of hydrogen-bond acceptors (Lipinski definition) is 15. The lowest BCUT2D eigenvalue weighted by Gasteiger charge is -2.49. The number of nitrogens with zero attached hydrogens (tertiary/aromatic N) is 7. The molecule has 18 nitrogen and oxygen atoms in total. The number of methoxy groups -OCH3 is 1. The van der Waals surface area contributed by atoms with Gasteiger partial charge in [0.2, 0.25) is 16.7 Å². The van der Waals surface area contributed by atoms with Crippen LogP contribution in [0.3, 0.4) is 0 Å². The van der Waals surface area contributed by atoms with Gasteiger partial charge in [-0.2, -0.15) is 9.36 Å². The van der Waals surface area contributed by atoms with Crippen LogP contribution in [0.2, 0.25) is 0 Å². The Morgan fingerprint density at radius 3 is 2.62 bits per heavy atom. The Balaban J connectivity index is 0.00000600. The minimum absolute atomic E-state index is 0. The monoisotopic (exact) mass is 873 g/mol. The molecule has 56 heavy (non-hydrogen) atoms. The van der Waals surface area contributed by atoms with Gasteiger partial charge in [-0.25, -0.2) is 14.2 Å². The molecule has 2 atom stereocenters. The molecule has 4 aromatic rings. The molecule has 5 heterocycles. The van der Waals surface area contributed by atoms with Crippen molar-refractivity contribution in [2.45, 2.75) is 64.4 Å². The molecule has 2 aliphatic rings. The number of amides is 3. The molecule has 0 spiro atoms. The Labute approximate surface area is 340 Å². The zero-order valence-electron chi connectivity index (χ0n) is 31.1. The van der Waals surface area contributed by atoms with Gasteiger partial charge in [-0.3, -0.25) is 24.4 Å². The molecular formula is C35H40BrN9O9S2. The molecule has 2 unspecified atom stereocenters. The van der Waals surface area contributed by atoms with Crippen molar-refractivity contribution in [2.75, 3.05) is 31.4 Å². The lowest BCUT2D eigenvalue weighted by molar-refractivity contribution is -0.665. The molecule has 3 amide bonds. The number of esters is 1. The number of oxime groups is 1. The van der Waals surface area contributed by atoms with Crippen molar-refractivity contribution in [3.8, 4) is 5.75 Å². The predicted molar refractivity (Wildman–Crippen MR) is 200 cm³/mol. The number of carbonyl (C=O) groups is 4. The smallest absolute Gasteiger partial charge is 0.414 e. The number of β-lactam (4-membered cyclic amide) rings is 1. The Hall–Kier alpha value is -5.12. The van der Waals surface area contributed by atoms with Crippen molar-refractivity contribution >= 4 is 69.2 Å². The van der Waals surface area contributed by atoms with Crippen LogP contribution in [-0.4, -0.2) is 102 Å². The summed E-state index contributed by atoms with van der Waals surface area (Å²) in [6, 6.07) is 9.68. The van der Waals surface area contributed by atoms with Crippen molar-refractivity contribution in [3.63, 3.8) is 0 Å². The molecule has 298 valence electrons. The Kier molecular flexibility index (Phi) is 13.7. The maximum Gasteiger partial charge on any atom is 0.414 e. The van der Waals surface area contributed by atoms with Crippen LogP contribution in [0, 0.1) is 0 Å². The van der Waals surface area contributed by atoms with E-state index in [-0.39, 0.29) is 65.7 Å². The highest BCUT2D eigenvalue weighted by molar-refractivity contribution is 8.00. The number of carbonyl (C=O) groups excluding carboxylic acids is 4. The van der Waals surface area contributed by atoms with Crippen LogP contribution in [0.15, 0.2) is 65.3 Å². The van der Waals surface area contributed by atoms with E-state index in [1.54, 1.807) is 77.7 Å². The fourth-order valence-electron chi connectivity index (χ4n) is 5.74. The Bertz CT molecular complexity index is 2150. The highest BCUT2D eigenvalue weighted by atomic mass is 79.9. The van der Waals surface area contributed by atoms with Gasteiger partial charge in [0, 0.05) is 22.9 Å². The Morgan fingerprint density at radius 1 is 1.16 bits per heavy atom. The van der Waals surface area contributed by atoms with Gasteiger partial charge in [0.15, 0.2) is 11.8 Å². The molecule has 1 aromatic carbocycles. The first kappa shape index (κ1) is 42.0. The van der Waals surface area contributed by atoms with Crippen LogP contribution < -0.4 is 36.9 Å². The zero-order valence-corrected chi connectivity index (χ0v) is 34.3. The summed E-state index contributed by atoms with van der Waals surface area (Å²) in [5, 5.41) is 18.1. The van der Waals surface area contributed by atoms with Gasteiger partial charge in [-0.05, 0) is 57.5 Å². The molecule has 2 aliphatic heterocycles. The van der Waals surface area contributed by atoms with E-state index >= 15 is 0 Å². The molecule has 0 bridgehead atoms.